The van der Waals surface area contributed by atoms with Crippen LogP contribution in [0.1, 0.15) is 5.56 Å². The van der Waals surface area contributed by atoms with Crippen molar-refractivity contribution in [2.45, 2.75) is 18.6 Å². The summed E-state index contributed by atoms with van der Waals surface area (Å²) in [4.78, 5) is 22.5. The van der Waals surface area contributed by atoms with Crippen molar-refractivity contribution in [1.82, 2.24) is 0 Å². The van der Waals surface area contributed by atoms with Crippen molar-refractivity contribution >= 4 is 11.9 Å². The molecule has 0 N–H and O–H groups in total. The molecule has 0 spiro atoms. The van der Waals surface area contributed by atoms with Crippen LogP contribution in [-0.4, -0.2) is 37.9 Å². The topological polar surface area (TPSA) is 65.1 Å². The Morgan fingerprint density at radius 1 is 1.17 bits per heavy atom. The summed E-state index contributed by atoms with van der Waals surface area (Å²) in [7, 11) is 1.25. The molecule has 1 saturated heterocycles. The molecule has 1 aliphatic rings. The minimum absolute atomic E-state index is 0.274. The summed E-state index contributed by atoms with van der Waals surface area (Å²) in [6, 6.07) is 9.69. The lowest BCUT2D eigenvalue weighted by atomic mass is 10.2. The second kappa shape index (κ2) is 5.64. The van der Waals surface area contributed by atoms with E-state index in [4.69, 9.17) is 9.47 Å². The van der Waals surface area contributed by atoms with Crippen LogP contribution >= 0.6 is 0 Å². The van der Waals surface area contributed by atoms with Gasteiger partial charge in [-0.05, 0) is 5.56 Å². The first-order valence-electron chi connectivity index (χ1n) is 5.66. The van der Waals surface area contributed by atoms with E-state index in [9.17, 15) is 9.59 Å². The monoisotopic (exact) mass is 250 g/mol. The number of hydrogen-bond donors (Lipinski definition) is 0. The van der Waals surface area contributed by atoms with Crippen LogP contribution in [0, 0.1) is 0 Å². The van der Waals surface area contributed by atoms with E-state index in [-0.39, 0.29) is 6.61 Å². The van der Waals surface area contributed by atoms with E-state index in [0.717, 1.165) is 5.56 Å². The van der Waals surface area contributed by atoms with Crippen LogP contribution in [0.5, 0.6) is 0 Å². The van der Waals surface area contributed by atoms with Crippen molar-refractivity contribution in [3.05, 3.63) is 35.9 Å². The van der Waals surface area contributed by atoms with Crippen molar-refractivity contribution in [3.63, 3.8) is 0 Å². The van der Waals surface area contributed by atoms with E-state index in [1.165, 1.54) is 7.11 Å². The molecule has 1 heterocycles. The molecule has 1 fully saturated rings. The van der Waals surface area contributed by atoms with E-state index >= 15 is 0 Å². The van der Waals surface area contributed by atoms with Crippen LogP contribution in [-0.2, 0) is 30.2 Å². The van der Waals surface area contributed by atoms with E-state index in [1.54, 1.807) is 0 Å². The fourth-order valence-corrected chi connectivity index (χ4v) is 1.58. The summed E-state index contributed by atoms with van der Waals surface area (Å²) in [5.74, 6) is -1.05. The first-order chi connectivity index (χ1) is 8.72. The maximum Gasteiger partial charge on any atom is 0.338 e. The van der Waals surface area contributed by atoms with Gasteiger partial charge in [0.2, 0.25) is 0 Å². The molecule has 0 bridgehead atoms. The summed E-state index contributed by atoms with van der Waals surface area (Å²) in [5.41, 5.74) is 1.09. The van der Waals surface area contributed by atoms with Crippen molar-refractivity contribution in [3.8, 4) is 0 Å². The predicted molar refractivity (Wildman–Crippen MR) is 61.8 cm³/mol. The molecule has 96 valence electrons. The largest absolute Gasteiger partial charge is 0.467 e. The summed E-state index contributed by atoms with van der Waals surface area (Å²) in [6.45, 7) is 0.274. The van der Waals surface area contributed by atoms with Crippen molar-refractivity contribution in [2.24, 2.45) is 0 Å². The number of rotatable bonds is 5. The summed E-state index contributed by atoms with van der Waals surface area (Å²) < 4.78 is 14.4. The van der Waals surface area contributed by atoms with Gasteiger partial charge in [0, 0.05) is 6.42 Å². The van der Waals surface area contributed by atoms with Crippen molar-refractivity contribution in [1.29, 1.82) is 0 Å². The van der Waals surface area contributed by atoms with Gasteiger partial charge >= 0.3 is 11.9 Å². The number of epoxide rings is 1. The normalized spacial score (nSPS) is 21.2. The van der Waals surface area contributed by atoms with E-state index in [2.05, 4.69) is 4.74 Å². The standard InChI is InChI=1S/C13H14O5/c1-16-12(14)10-11(18-10)13(15)17-8-7-9-5-3-2-4-6-9/h2-6,10-11H,7-8H2,1H3. The van der Waals surface area contributed by atoms with Gasteiger partial charge in [0.25, 0.3) is 0 Å². The zero-order valence-electron chi connectivity index (χ0n) is 10.00. The van der Waals surface area contributed by atoms with Gasteiger partial charge < -0.3 is 14.2 Å². The molecule has 0 aliphatic carbocycles. The van der Waals surface area contributed by atoms with E-state index in [1.807, 2.05) is 30.3 Å². The molecule has 2 atom stereocenters. The second-order valence-corrected chi connectivity index (χ2v) is 3.90. The van der Waals surface area contributed by atoms with E-state index < -0.39 is 24.1 Å². The molecule has 5 heteroatoms. The smallest absolute Gasteiger partial charge is 0.338 e. The van der Waals surface area contributed by atoms with Crippen LogP contribution in [0.2, 0.25) is 0 Å². The number of carbonyl (C=O) groups excluding carboxylic acids is 2. The third-order valence-electron chi connectivity index (χ3n) is 2.64. The van der Waals surface area contributed by atoms with Crippen molar-refractivity contribution in [2.75, 3.05) is 13.7 Å². The zero-order valence-corrected chi connectivity index (χ0v) is 10.00. The molecule has 0 amide bonds. The fourth-order valence-electron chi connectivity index (χ4n) is 1.58. The minimum atomic E-state index is -0.798. The number of ether oxygens (including phenoxy) is 3. The van der Waals surface area contributed by atoms with Gasteiger partial charge in [-0.2, -0.15) is 0 Å². The molecule has 2 rings (SSSR count). The minimum Gasteiger partial charge on any atom is -0.467 e. The number of carbonyl (C=O) groups is 2. The molecule has 18 heavy (non-hydrogen) atoms. The SMILES string of the molecule is COC(=O)C1OC1C(=O)OCCc1ccccc1. The molecule has 0 saturated carbocycles. The first-order valence-corrected chi connectivity index (χ1v) is 5.66. The van der Waals surface area contributed by atoms with Crippen LogP contribution in [0.4, 0.5) is 0 Å². The summed E-state index contributed by atoms with van der Waals surface area (Å²) in [6.07, 6.45) is -0.949. The Hall–Kier alpha value is -1.88. The highest BCUT2D eigenvalue weighted by molar-refractivity contribution is 5.89. The Labute approximate surface area is 105 Å². The highest BCUT2D eigenvalue weighted by Gasteiger charge is 2.52. The third-order valence-corrected chi connectivity index (χ3v) is 2.64. The quantitative estimate of drug-likeness (QED) is 0.569. The van der Waals surface area contributed by atoms with Crippen molar-refractivity contribution < 1.29 is 23.8 Å². The average molecular weight is 250 g/mol. The fraction of sp³-hybridized carbons (Fsp3) is 0.385. The van der Waals surface area contributed by atoms with E-state index in [0.29, 0.717) is 6.42 Å². The maximum absolute atomic E-state index is 11.5. The Kier molecular flexibility index (Phi) is 3.94. The molecule has 0 aromatic heterocycles. The Balaban J connectivity index is 1.69. The maximum atomic E-state index is 11.5. The van der Waals surface area contributed by atoms with Gasteiger partial charge in [-0.25, -0.2) is 9.59 Å². The number of hydrogen-bond acceptors (Lipinski definition) is 5. The summed E-state index contributed by atoms with van der Waals surface area (Å²) >= 11 is 0. The van der Waals surface area contributed by atoms with Crippen LogP contribution in [0.25, 0.3) is 0 Å². The Morgan fingerprint density at radius 2 is 1.83 bits per heavy atom. The molecular formula is C13H14O5. The first kappa shape index (κ1) is 12.6. The predicted octanol–water partition coefficient (Wildman–Crippen LogP) is 0.713. The highest BCUT2D eigenvalue weighted by atomic mass is 16.7. The lowest BCUT2D eigenvalue weighted by Gasteiger charge is -2.02. The lowest BCUT2D eigenvalue weighted by molar-refractivity contribution is -0.146. The highest BCUT2D eigenvalue weighted by Crippen LogP contribution is 2.24. The molecule has 5 nitrogen and oxygen atoms in total. The summed E-state index contributed by atoms with van der Waals surface area (Å²) in [5, 5.41) is 0. The van der Waals surface area contributed by atoms with Crippen LogP contribution < -0.4 is 0 Å². The molecule has 1 aromatic carbocycles. The van der Waals surface area contributed by atoms with Gasteiger partial charge in [-0.3, -0.25) is 0 Å². The van der Waals surface area contributed by atoms with Crippen LogP contribution in [0.15, 0.2) is 30.3 Å². The number of methoxy groups -OCH3 is 1. The number of benzene rings is 1. The zero-order chi connectivity index (χ0) is 13.0. The third kappa shape index (κ3) is 3.07. The lowest BCUT2D eigenvalue weighted by Crippen LogP contribution is -2.20. The average Bonchev–Trinajstić information content (AvgIpc) is 3.19. The van der Waals surface area contributed by atoms with Gasteiger partial charge in [0.05, 0.1) is 13.7 Å². The molecular weight excluding hydrogens is 236 g/mol. The Morgan fingerprint density at radius 3 is 2.50 bits per heavy atom. The number of esters is 2. The molecule has 0 radical (unpaired) electrons. The molecule has 1 aromatic rings. The Bertz CT molecular complexity index is 428. The van der Waals surface area contributed by atoms with Gasteiger partial charge in [-0.15, -0.1) is 0 Å². The molecule has 1 aliphatic heterocycles. The van der Waals surface area contributed by atoms with Gasteiger partial charge in [0.1, 0.15) is 0 Å². The molecule has 2 unspecified atom stereocenters. The van der Waals surface area contributed by atoms with Gasteiger partial charge in [-0.1, -0.05) is 30.3 Å². The second-order valence-electron chi connectivity index (χ2n) is 3.90. The van der Waals surface area contributed by atoms with Crippen LogP contribution in [0.3, 0.4) is 0 Å². The van der Waals surface area contributed by atoms with Gasteiger partial charge in [0.15, 0.2) is 12.2 Å².